The summed E-state index contributed by atoms with van der Waals surface area (Å²) < 4.78 is 4.99. The SMILES string of the molecule is CCOC(=O)C(C)N[C@@H](C)C1CCCCC1. The standard InChI is InChI=1S/C13H25NO2/c1-4-16-13(15)11(3)14-10(2)12-8-6-5-7-9-12/h10-12,14H,4-9H2,1-3H3/t10-,11?/m0/s1. The molecule has 0 saturated heterocycles. The van der Waals surface area contributed by atoms with E-state index in [-0.39, 0.29) is 12.0 Å². The van der Waals surface area contributed by atoms with Gasteiger partial charge in [0.1, 0.15) is 6.04 Å². The van der Waals surface area contributed by atoms with Crippen molar-refractivity contribution < 1.29 is 9.53 Å². The van der Waals surface area contributed by atoms with Gasteiger partial charge in [-0.15, -0.1) is 0 Å². The van der Waals surface area contributed by atoms with E-state index in [0.29, 0.717) is 12.6 Å². The lowest BCUT2D eigenvalue weighted by Gasteiger charge is -2.30. The number of carbonyl (C=O) groups is 1. The molecule has 0 aromatic rings. The van der Waals surface area contributed by atoms with Gasteiger partial charge in [0.25, 0.3) is 0 Å². The van der Waals surface area contributed by atoms with Crippen LogP contribution in [0, 0.1) is 5.92 Å². The highest BCUT2D eigenvalue weighted by molar-refractivity contribution is 5.75. The van der Waals surface area contributed by atoms with Crippen molar-refractivity contribution in [3.63, 3.8) is 0 Å². The van der Waals surface area contributed by atoms with E-state index in [2.05, 4.69) is 12.2 Å². The van der Waals surface area contributed by atoms with Gasteiger partial charge in [-0.1, -0.05) is 19.3 Å². The lowest BCUT2D eigenvalue weighted by molar-refractivity contribution is -0.145. The Bertz CT molecular complexity index is 212. The van der Waals surface area contributed by atoms with Crippen LogP contribution in [0.25, 0.3) is 0 Å². The van der Waals surface area contributed by atoms with Gasteiger partial charge >= 0.3 is 5.97 Å². The highest BCUT2D eigenvalue weighted by Gasteiger charge is 2.23. The third-order valence-corrected chi connectivity index (χ3v) is 3.51. The van der Waals surface area contributed by atoms with Crippen molar-refractivity contribution >= 4 is 5.97 Å². The maximum absolute atomic E-state index is 11.5. The Hall–Kier alpha value is -0.570. The Balaban J connectivity index is 2.31. The summed E-state index contributed by atoms with van der Waals surface area (Å²) >= 11 is 0. The average Bonchev–Trinajstić information content (AvgIpc) is 2.30. The van der Waals surface area contributed by atoms with Crippen LogP contribution in [0.2, 0.25) is 0 Å². The normalized spacial score (nSPS) is 21.4. The number of nitrogens with one attached hydrogen (secondary N) is 1. The van der Waals surface area contributed by atoms with E-state index in [4.69, 9.17) is 4.74 Å². The van der Waals surface area contributed by atoms with Crippen molar-refractivity contribution in [2.75, 3.05) is 6.61 Å². The molecule has 0 radical (unpaired) electrons. The van der Waals surface area contributed by atoms with Crippen molar-refractivity contribution in [3.05, 3.63) is 0 Å². The van der Waals surface area contributed by atoms with Gasteiger partial charge in [0, 0.05) is 6.04 Å². The summed E-state index contributed by atoms with van der Waals surface area (Å²) in [6.07, 6.45) is 6.64. The van der Waals surface area contributed by atoms with Crippen molar-refractivity contribution in [3.8, 4) is 0 Å². The molecule has 1 aliphatic carbocycles. The summed E-state index contributed by atoms with van der Waals surface area (Å²) in [7, 11) is 0. The molecule has 0 aliphatic heterocycles. The first-order chi connectivity index (χ1) is 7.65. The summed E-state index contributed by atoms with van der Waals surface area (Å²) in [6.45, 7) is 6.38. The average molecular weight is 227 g/mol. The van der Waals surface area contributed by atoms with Crippen molar-refractivity contribution in [1.29, 1.82) is 0 Å². The maximum atomic E-state index is 11.5. The lowest BCUT2D eigenvalue weighted by Crippen LogP contribution is -2.44. The number of carbonyl (C=O) groups excluding carboxylic acids is 1. The van der Waals surface area contributed by atoms with Gasteiger partial charge in [-0.05, 0) is 39.5 Å². The van der Waals surface area contributed by atoms with Crippen LogP contribution in [0.3, 0.4) is 0 Å². The van der Waals surface area contributed by atoms with Crippen LogP contribution in [0.5, 0.6) is 0 Å². The van der Waals surface area contributed by atoms with Crippen LogP contribution in [-0.2, 0) is 9.53 Å². The lowest BCUT2D eigenvalue weighted by atomic mass is 9.84. The van der Waals surface area contributed by atoms with Gasteiger partial charge in [0.05, 0.1) is 6.61 Å². The highest BCUT2D eigenvalue weighted by Crippen LogP contribution is 2.26. The third-order valence-electron chi connectivity index (χ3n) is 3.51. The largest absolute Gasteiger partial charge is 0.465 e. The summed E-state index contributed by atoms with van der Waals surface area (Å²) in [6, 6.07) is 0.233. The molecule has 1 N–H and O–H groups in total. The summed E-state index contributed by atoms with van der Waals surface area (Å²) in [5.41, 5.74) is 0. The molecule has 0 amide bonds. The Morgan fingerprint density at radius 1 is 1.31 bits per heavy atom. The molecule has 2 atom stereocenters. The van der Waals surface area contributed by atoms with Crippen LogP contribution in [-0.4, -0.2) is 24.7 Å². The summed E-state index contributed by atoms with van der Waals surface area (Å²) in [4.78, 5) is 11.5. The van der Waals surface area contributed by atoms with Gasteiger partial charge < -0.3 is 10.1 Å². The van der Waals surface area contributed by atoms with Gasteiger partial charge in [0.15, 0.2) is 0 Å². The number of esters is 1. The zero-order valence-corrected chi connectivity index (χ0v) is 10.8. The van der Waals surface area contributed by atoms with Crippen molar-refractivity contribution in [2.24, 2.45) is 5.92 Å². The van der Waals surface area contributed by atoms with Gasteiger partial charge in [-0.25, -0.2) is 0 Å². The minimum Gasteiger partial charge on any atom is -0.465 e. The van der Waals surface area contributed by atoms with Gasteiger partial charge in [0.2, 0.25) is 0 Å². The Morgan fingerprint density at radius 2 is 1.94 bits per heavy atom. The fourth-order valence-electron chi connectivity index (χ4n) is 2.50. The molecular formula is C13H25NO2. The highest BCUT2D eigenvalue weighted by atomic mass is 16.5. The molecule has 0 aromatic heterocycles. The molecule has 1 unspecified atom stereocenters. The second-order valence-corrected chi connectivity index (χ2v) is 4.83. The monoisotopic (exact) mass is 227 g/mol. The minimum atomic E-state index is -0.183. The molecule has 1 aliphatic rings. The number of rotatable bonds is 5. The zero-order valence-electron chi connectivity index (χ0n) is 10.8. The van der Waals surface area contributed by atoms with Gasteiger partial charge in [-0.3, -0.25) is 4.79 Å². The molecule has 3 heteroatoms. The Morgan fingerprint density at radius 3 is 2.50 bits per heavy atom. The molecule has 0 bridgehead atoms. The van der Waals surface area contributed by atoms with E-state index in [1.807, 2.05) is 13.8 Å². The van der Waals surface area contributed by atoms with Crippen LogP contribution >= 0.6 is 0 Å². The van der Waals surface area contributed by atoms with Crippen LogP contribution in [0.15, 0.2) is 0 Å². The fourth-order valence-corrected chi connectivity index (χ4v) is 2.50. The van der Waals surface area contributed by atoms with E-state index in [9.17, 15) is 4.79 Å². The maximum Gasteiger partial charge on any atom is 0.322 e. The van der Waals surface area contributed by atoms with Gasteiger partial charge in [-0.2, -0.15) is 0 Å². The summed E-state index contributed by atoms with van der Waals surface area (Å²) in [5, 5.41) is 3.36. The van der Waals surface area contributed by atoms with E-state index < -0.39 is 0 Å². The van der Waals surface area contributed by atoms with Crippen LogP contribution < -0.4 is 5.32 Å². The minimum absolute atomic E-state index is 0.134. The topological polar surface area (TPSA) is 38.3 Å². The van der Waals surface area contributed by atoms with Crippen LogP contribution in [0.1, 0.15) is 52.9 Å². The molecule has 0 aromatic carbocycles. The summed E-state index contributed by atoms with van der Waals surface area (Å²) in [5.74, 6) is 0.593. The molecule has 0 heterocycles. The predicted molar refractivity (Wildman–Crippen MR) is 65.3 cm³/mol. The third kappa shape index (κ3) is 4.12. The first-order valence-corrected chi connectivity index (χ1v) is 6.57. The first-order valence-electron chi connectivity index (χ1n) is 6.57. The number of ether oxygens (including phenoxy) is 1. The predicted octanol–water partition coefficient (Wildman–Crippen LogP) is 2.50. The van der Waals surface area contributed by atoms with E-state index in [1.54, 1.807) is 0 Å². The molecule has 1 fully saturated rings. The first kappa shape index (κ1) is 13.5. The van der Waals surface area contributed by atoms with Crippen LogP contribution in [0.4, 0.5) is 0 Å². The molecule has 0 spiro atoms. The van der Waals surface area contributed by atoms with E-state index >= 15 is 0 Å². The second-order valence-electron chi connectivity index (χ2n) is 4.83. The molecule has 16 heavy (non-hydrogen) atoms. The van der Waals surface area contributed by atoms with Crippen molar-refractivity contribution in [2.45, 2.75) is 65.0 Å². The van der Waals surface area contributed by atoms with Crippen molar-refractivity contribution in [1.82, 2.24) is 5.32 Å². The molecular weight excluding hydrogens is 202 g/mol. The zero-order chi connectivity index (χ0) is 12.0. The quantitative estimate of drug-likeness (QED) is 0.733. The number of hydrogen-bond donors (Lipinski definition) is 1. The molecule has 1 saturated carbocycles. The smallest absolute Gasteiger partial charge is 0.322 e. The second kappa shape index (κ2) is 6.89. The fraction of sp³-hybridized carbons (Fsp3) is 0.923. The number of hydrogen-bond acceptors (Lipinski definition) is 3. The molecule has 94 valence electrons. The van der Waals surface area contributed by atoms with E-state index in [1.165, 1.54) is 32.1 Å². The Kier molecular flexibility index (Phi) is 5.81. The molecule has 1 rings (SSSR count). The van der Waals surface area contributed by atoms with E-state index in [0.717, 1.165) is 5.92 Å². The Labute approximate surface area is 98.9 Å². The molecule has 3 nitrogen and oxygen atoms in total.